The number of nitrogens with one attached hydrogen (secondary N) is 1. The Balaban J connectivity index is 1.42. The second-order valence-electron chi connectivity index (χ2n) is 5.88. The van der Waals surface area contributed by atoms with Crippen LogP contribution in [0.4, 0.5) is 11.4 Å². The molecule has 1 aliphatic heterocycles. The second kappa shape index (κ2) is 8.18. The molecule has 1 N–H and O–H groups in total. The molecule has 0 spiro atoms. The van der Waals surface area contributed by atoms with Gasteiger partial charge in [0, 0.05) is 61.6 Å². The Morgan fingerprint density at radius 2 is 1.96 bits per heavy atom. The van der Waals surface area contributed by atoms with Crippen LogP contribution in [0.15, 0.2) is 48.5 Å². The van der Waals surface area contributed by atoms with Crippen molar-refractivity contribution in [2.75, 3.05) is 42.9 Å². The molecular formula is C19H21ClN3O. The molecule has 125 valence electrons. The highest BCUT2D eigenvalue weighted by molar-refractivity contribution is 6.30. The van der Waals surface area contributed by atoms with Crippen LogP contribution in [0.3, 0.4) is 0 Å². The zero-order valence-corrected chi connectivity index (χ0v) is 14.3. The number of rotatable bonds is 5. The van der Waals surface area contributed by atoms with Crippen molar-refractivity contribution in [1.29, 1.82) is 0 Å². The van der Waals surface area contributed by atoms with Gasteiger partial charge in [0.05, 0.1) is 0 Å². The summed E-state index contributed by atoms with van der Waals surface area (Å²) in [5.74, 6) is 0.0368. The Kier molecular flexibility index (Phi) is 5.72. The molecule has 1 aliphatic rings. The van der Waals surface area contributed by atoms with Crippen molar-refractivity contribution in [3.05, 3.63) is 59.6 Å². The molecule has 4 nitrogen and oxygen atoms in total. The predicted octanol–water partition coefficient (Wildman–Crippen LogP) is 3.29. The van der Waals surface area contributed by atoms with E-state index in [0.29, 0.717) is 6.42 Å². The van der Waals surface area contributed by atoms with E-state index in [0.717, 1.165) is 43.4 Å². The molecule has 1 fully saturated rings. The molecule has 24 heavy (non-hydrogen) atoms. The van der Waals surface area contributed by atoms with E-state index >= 15 is 0 Å². The third-order valence-electron chi connectivity index (χ3n) is 4.18. The maximum absolute atomic E-state index is 12.0. The average molecular weight is 343 g/mol. The topological polar surface area (TPSA) is 35.6 Å². The van der Waals surface area contributed by atoms with Crippen molar-refractivity contribution in [2.45, 2.75) is 6.42 Å². The molecule has 2 aromatic rings. The van der Waals surface area contributed by atoms with Crippen molar-refractivity contribution in [3.8, 4) is 0 Å². The monoisotopic (exact) mass is 342 g/mol. The summed E-state index contributed by atoms with van der Waals surface area (Å²) in [6.07, 6.45) is 0.500. The lowest BCUT2D eigenvalue weighted by atomic mass is 10.2. The predicted molar refractivity (Wildman–Crippen MR) is 98.6 cm³/mol. The van der Waals surface area contributed by atoms with Crippen LogP contribution in [-0.4, -0.2) is 43.5 Å². The van der Waals surface area contributed by atoms with Crippen molar-refractivity contribution >= 4 is 28.9 Å². The SMILES string of the molecule is O=C(CCN1CCN(c2cccc(Cl)c2)CC1)Nc1[c]cccc1. The number of anilines is 2. The van der Waals surface area contributed by atoms with Gasteiger partial charge in [0.25, 0.3) is 0 Å². The summed E-state index contributed by atoms with van der Waals surface area (Å²) in [6, 6.07) is 18.4. The fourth-order valence-corrected chi connectivity index (χ4v) is 3.03. The van der Waals surface area contributed by atoms with E-state index < -0.39 is 0 Å². The Morgan fingerprint density at radius 1 is 1.12 bits per heavy atom. The molecule has 1 heterocycles. The van der Waals surface area contributed by atoms with Crippen LogP contribution < -0.4 is 10.2 Å². The summed E-state index contributed by atoms with van der Waals surface area (Å²) >= 11 is 6.06. The molecule has 1 saturated heterocycles. The van der Waals surface area contributed by atoms with Gasteiger partial charge in [0.15, 0.2) is 0 Å². The van der Waals surface area contributed by atoms with Gasteiger partial charge in [-0.25, -0.2) is 0 Å². The number of halogens is 1. The van der Waals surface area contributed by atoms with Crippen LogP contribution in [0.5, 0.6) is 0 Å². The van der Waals surface area contributed by atoms with Crippen LogP contribution in [0, 0.1) is 6.07 Å². The Labute approximate surface area is 148 Å². The van der Waals surface area contributed by atoms with Gasteiger partial charge < -0.3 is 10.2 Å². The zero-order valence-electron chi connectivity index (χ0n) is 13.5. The smallest absolute Gasteiger partial charge is 0.225 e. The molecule has 5 heteroatoms. The van der Waals surface area contributed by atoms with Gasteiger partial charge in [-0.15, -0.1) is 0 Å². The van der Waals surface area contributed by atoms with Crippen LogP contribution >= 0.6 is 11.6 Å². The normalized spacial score (nSPS) is 15.3. The lowest BCUT2D eigenvalue weighted by Crippen LogP contribution is -2.47. The lowest BCUT2D eigenvalue weighted by molar-refractivity contribution is -0.116. The van der Waals surface area contributed by atoms with Crippen molar-refractivity contribution < 1.29 is 4.79 Å². The minimum Gasteiger partial charge on any atom is -0.369 e. The molecular weight excluding hydrogens is 322 g/mol. The minimum absolute atomic E-state index is 0.0368. The number of para-hydroxylation sites is 1. The lowest BCUT2D eigenvalue weighted by Gasteiger charge is -2.36. The third-order valence-corrected chi connectivity index (χ3v) is 4.42. The van der Waals surface area contributed by atoms with Crippen LogP contribution in [0.1, 0.15) is 6.42 Å². The fourth-order valence-electron chi connectivity index (χ4n) is 2.85. The largest absolute Gasteiger partial charge is 0.369 e. The third kappa shape index (κ3) is 4.73. The second-order valence-corrected chi connectivity index (χ2v) is 6.32. The fraction of sp³-hybridized carbons (Fsp3) is 0.316. The quantitative estimate of drug-likeness (QED) is 0.905. The van der Waals surface area contributed by atoms with E-state index in [1.54, 1.807) is 6.07 Å². The maximum Gasteiger partial charge on any atom is 0.225 e. The van der Waals surface area contributed by atoms with E-state index in [4.69, 9.17) is 11.6 Å². The van der Waals surface area contributed by atoms with Crippen molar-refractivity contribution in [3.63, 3.8) is 0 Å². The first-order valence-corrected chi connectivity index (χ1v) is 8.58. The molecule has 0 aliphatic carbocycles. The number of carbonyl (C=O) groups excluding carboxylic acids is 1. The summed E-state index contributed by atoms with van der Waals surface area (Å²) in [7, 11) is 0. The highest BCUT2D eigenvalue weighted by atomic mass is 35.5. The van der Waals surface area contributed by atoms with Gasteiger partial charge in [0.1, 0.15) is 0 Å². The number of hydrogen-bond acceptors (Lipinski definition) is 3. The number of piperazine rings is 1. The molecule has 0 bridgehead atoms. The Bertz CT molecular complexity index is 669. The van der Waals surface area contributed by atoms with Crippen molar-refractivity contribution in [2.24, 2.45) is 0 Å². The highest BCUT2D eigenvalue weighted by Crippen LogP contribution is 2.20. The first-order valence-electron chi connectivity index (χ1n) is 8.20. The van der Waals surface area contributed by atoms with Crippen LogP contribution in [0.25, 0.3) is 0 Å². The van der Waals surface area contributed by atoms with Crippen molar-refractivity contribution in [1.82, 2.24) is 4.90 Å². The van der Waals surface area contributed by atoms with Gasteiger partial charge >= 0.3 is 0 Å². The standard InChI is InChI=1S/C19H21ClN3O/c20-16-5-4-8-18(15-16)23-13-11-22(12-14-23)10-9-19(24)21-17-6-2-1-3-7-17/h1-6,8,15H,9-14H2,(H,21,24). The first-order chi connectivity index (χ1) is 11.7. The number of hydrogen-bond donors (Lipinski definition) is 1. The van der Waals surface area contributed by atoms with Gasteiger partial charge in [-0.1, -0.05) is 35.9 Å². The van der Waals surface area contributed by atoms with Crippen LogP contribution in [0.2, 0.25) is 5.02 Å². The number of amides is 1. The number of benzene rings is 2. The molecule has 1 radical (unpaired) electrons. The van der Waals surface area contributed by atoms with Gasteiger partial charge in [-0.2, -0.15) is 0 Å². The van der Waals surface area contributed by atoms with Gasteiger partial charge in [0.2, 0.25) is 5.91 Å². The summed E-state index contributed by atoms with van der Waals surface area (Å²) in [5, 5.41) is 3.64. The Morgan fingerprint density at radius 3 is 2.67 bits per heavy atom. The summed E-state index contributed by atoms with van der Waals surface area (Å²) in [4.78, 5) is 16.7. The zero-order chi connectivity index (χ0) is 16.8. The summed E-state index contributed by atoms with van der Waals surface area (Å²) in [6.45, 7) is 4.60. The molecule has 0 aromatic heterocycles. The van der Waals surface area contributed by atoms with E-state index in [1.807, 2.05) is 36.4 Å². The number of nitrogens with zero attached hydrogens (tertiary/aromatic N) is 2. The first kappa shape index (κ1) is 16.8. The Hall–Kier alpha value is -2.04. The molecule has 0 saturated carbocycles. The molecule has 1 amide bonds. The number of carbonyl (C=O) groups is 1. The highest BCUT2D eigenvalue weighted by Gasteiger charge is 2.18. The van der Waals surface area contributed by atoms with Gasteiger partial charge in [-0.05, 0) is 24.3 Å². The molecule has 0 atom stereocenters. The van der Waals surface area contributed by atoms with E-state index in [-0.39, 0.29) is 5.91 Å². The minimum atomic E-state index is 0.0368. The average Bonchev–Trinajstić information content (AvgIpc) is 2.61. The van der Waals surface area contributed by atoms with E-state index in [1.165, 1.54) is 5.69 Å². The maximum atomic E-state index is 12.0. The van der Waals surface area contributed by atoms with E-state index in [2.05, 4.69) is 27.2 Å². The van der Waals surface area contributed by atoms with Crippen LogP contribution in [-0.2, 0) is 4.79 Å². The summed E-state index contributed by atoms with van der Waals surface area (Å²) in [5.41, 5.74) is 1.90. The van der Waals surface area contributed by atoms with E-state index in [9.17, 15) is 4.79 Å². The molecule has 0 unspecified atom stereocenters. The summed E-state index contributed by atoms with van der Waals surface area (Å²) < 4.78 is 0. The van der Waals surface area contributed by atoms with Gasteiger partial charge in [-0.3, -0.25) is 9.69 Å². The molecule has 2 aromatic carbocycles. The molecule has 3 rings (SSSR count).